The Balaban J connectivity index is 2.25. The molecule has 0 aliphatic carbocycles. The summed E-state index contributed by atoms with van der Waals surface area (Å²) < 4.78 is 5.57. The molecule has 0 radical (unpaired) electrons. The van der Waals surface area contributed by atoms with Gasteiger partial charge in [-0.05, 0) is 28.8 Å². The van der Waals surface area contributed by atoms with Gasteiger partial charge in [0.15, 0.2) is 0 Å². The monoisotopic (exact) mass is 343 g/mol. The minimum absolute atomic E-state index is 0.0471. The van der Waals surface area contributed by atoms with Crippen LogP contribution in [0.25, 0.3) is 0 Å². The smallest absolute Gasteiger partial charge is 0.312 e. The molecule has 1 atom stereocenters. The van der Waals surface area contributed by atoms with Gasteiger partial charge in [-0.25, -0.2) is 4.98 Å². The third-order valence-corrected chi connectivity index (χ3v) is 3.57. The van der Waals surface area contributed by atoms with E-state index in [1.165, 1.54) is 19.2 Å². The topological polar surface area (TPSA) is 85.6 Å². The molecule has 0 spiro atoms. The molecule has 2 heterocycles. The summed E-state index contributed by atoms with van der Waals surface area (Å²) in [6, 6.07) is 1.37. The van der Waals surface area contributed by atoms with E-state index in [0.29, 0.717) is 16.8 Å². The third kappa shape index (κ3) is 3.24. The summed E-state index contributed by atoms with van der Waals surface area (Å²) in [5.74, 6) is -0.0250. The van der Waals surface area contributed by atoms with Crippen molar-refractivity contribution >= 4 is 33.4 Å². The van der Waals surface area contributed by atoms with Crippen molar-refractivity contribution in [1.29, 1.82) is 0 Å². The van der Waals surface area contributed by atoms with E-state index >= 15 is 0 Å². The first-order valence-electron chi connectivity index (χ1n) is 6.19. The fourth-order valence-electron chi connectivity index (χ4n) is 2.28. The minimum atomic E-state index is -0.450. The lowest BCUT2D eigenvalue weighted by molar-refractivity contribution is -0.384. The van der Waals surface area contributed by atoms with Crippen LogP contribution in [0.15, 0.2) is 16.7 Å². The molecule has 0 N–H and O–H groups in total. The van der Waals surface area contributed by atoms with Crippen molar-refractivity contribution in [3.63, 3.8) is 0 Å². The highest BCUT2D eigenvalue weighted by molar-refractivity contribution is 9.10. The number of halogens is 1. The van der Waals surface area contributed by atoms with Crippen LogP contribution in [0.4, 0.5) is 11.5 Å². The highest BCUT2D eigenvalue weighted by Gasteiger charge is 2.31. The number of nitrogens with zero attached hydrogens (tertiary/aromatic N) is 3. The average Bonchev–Trinajstić information content (AvgIpc) is 2.84. The predicted molar refractivity (Wildman–Crippen MR) is 75.6 cm³/mol. The van der Waals surface area contributed by atoms with Gasteiger partial charge in [0.25, 0.3) is 0 Å². The number of carbonyl (C=O) groups excluding carboxylic acids is 1. The van der Waals surface area contributed by atoms with Crippen LogP contribution in [0.1, 0.15) is 19.8 Å². The van der Waals surface area contributed by atoms with Gasteiger partial charge in [-0.2, -0.15) is 0 Å². The molecule has 1 aliphatic heterocycles. The van der Waals surface area contributed by atoms with E-state index in [0.717, 1.165) is 12.8 Å². The molecule has 1 fully saturated rings. The lowest BCUT2D eigenvalue weighted by Crippen LogP contribution is -2.34. The second-order valence-electron chi connectivity index (χ2n) is 4.55. The zero-order valence-corrected chi connectivity index (χ0v) is 12.5. The number of pyridine rings is 1. The maximum Gasteiger partial charge on any atom is 0.312 e. The molecular formula is C12H14BrN3O4. The normalized spacial score (nSPS) is 18.1. The van der Waals surface area contributed by atoms with E-state index in [4.69, 9.17) is 4.74 Å². The number of carbonyl (C=O) groups is 1. The van der Waals surface area contributed by atoms with Gasteiger partial charge in [0.2, 0.25) is 5.82 Å². The zero-order chi connectivity index (χ0) is 14.7. The summed E-state index contributed by atoms with van der Waals surface area (Å²) >= 11 is 3.18. The van der Waals surface area contributed by atoms with Crippen LogP contribution in [0.2, 0.25) is 0 Å². The fraction of sp³-hybridized carbons (Fsp3) is 0.500. The van der Waals surface area contributed by atoms with Crippen LogP contribution in [0.5, 0.6) is 0 Å². The van der Waals surface area contributed by atoms with Crippen molar-refractivity contribution in [2.45, 2.75) is 25.8 Å². The Kier molecular flexibility index (Phi) is 4.53. The third-order valence-electron chi connectivity index (χ3n) is 3.14. The highest BCUT2D eigenvalue weighted by atomic mass is 79.9. The van der Waals surface area contributed by atoms with Crippen LogP contribution in [0.3, 0.4) is 0 Å². The molecule has 1 aromatic rings. The Morgan fingerprint density at radius 1 is 1.70 bits per heavy atom. The van der Waals surface area contributed by atoms with Crippen molar-refractivity contribution in [3.8, 4) is 0 Å². The minimum Gasteiger partial charge on any atom is -0.464 e. The highest BCUT2D eigenvalue weighted by Crippen LogP contribution is 2.33. The molecule has 1 saturated heterocycles. The number of esters is 1. The van der Waals surface area contributed by atoms with Gasteiger partial charge in [0.05, 0.1) is 11.0 Å². The first-order chi connectivity index (χ1) is 9.49. The quantitative estimate of drug-likeness (QED) is 0.473. The summed E-state index contributed by atoms with van der Waals surface area (Å²) in [5.41, 5.74) is -0.0471. The predicted octanol–water partition coefficient (Wildman–Crippen LogP) is 2.28. The van der Waals surface area contributed by atoms with Crippen molar-refractivity contribution in [3.05, 3.63) is 26.9 Å². The molecule has 0 aromatic carbocycles. The molecule has 0 saturated carbocycles. The van der Waals surface area contributed by atoms with Crippen LogP contribution < -0.4 is 4.90 Å². The molecule has 7 nitrogen and oxygen atoms in total. The first kappa shape index (κ1) is 14.7. The van der Waals surface area contributed by atoms with Crippen molar-refractivity contribution in [2.24, 2.45) is 0 Å². The Bertz CT molecular complexity index is 537. The van der Waals surface area contributed by atoms with Crippen LogP contribution in [-0.2, 0) is 9.53 Å². The molecule has 20 heavy (non-hydrogen) atoms. The molecule has 2 rings (SSSR count). The van der Waals surface area contributed by atoms with Crippen molar-refractivity contribution in [2.75, 3.05) is 18.1 Å². The lowest BCUT2D eigenvalue weighted by Gasteiger charge is -2.24. The van der Waals surface area contributed by atoms with Gasteiger partial charge in [-0.3, -0.25) is 14.9 Å². The second-order valence-corrected chi connectivity index (χ2v) is 5.46. The van der Waals surface area contributed by atoms with Gasteiger partial charge < -0.3 is 9.64 Å². The van der Waals surface area contributed by atoms with E-state index in [1.807, 2.05) is 4.90 Å². The average molecular weight is 344 g/mol. The van der Waals surface area contributed by atoms with Crippen LogP contribution >= 0.6 is 15.9 Å². The Labute approximate surface area is 124 Å². The second kappa shape index (κ2) is 6.17. The van der Waals surface area contributed by atoms with Crippen LogP contribution in [0, 0.1) is 10.1 Å². The summed E-state index contributed by atoms with van der Waals surface area (Å²) in [5, 5.41) is 11.1. The van der Waals surface area contributed by atoms with E-state index in [2.05, 4.69) is 20.9 Å². The molecule has 1 unspecified atom stereocenters. The number of aromatic nitrogens is 1. The number of hydrogen-bond donors (Lipinski definition) is 0. The first-order valence-corrected chi connectivity index (χ1v) is 6.98. The van der Waals surface area contributed by atoms with Crippen LogP contribution in [-0.4, -0.2) is 35.1 Å². The van der Waals surface area contributed by atoms with Crippen molar-refractivity contribution in [1.82, 2.24) is 4.98 Å². The van der Waals surface area contributed by atoms with E-state index in [-0.39, 0.29) is 24.3 Å². The number of rotatable bonds is 4. The van der Waals surface area contributed by atoms with Crippen molar-refractivity contribution < 1.29 is 14.5 Å². The van der Waals surface area contributed by atoms with Gasteiger partial charge in [0, 0.05) is 30.2 Å². The van der Waals surface area contributed by atoms with E-state index < -0.39 is 4.92 Å². The molecule has 0 bridgehead atoms. The molecule has 1 aromatic heterocycles. The number of nitro groups is 1. The Hall–Kier alpha value is -1.70. The SMILES string of the molecule is CC(=O)OCC1CCCN1c1ncc(Br)cc1[N+](=O)[O-]. The van der Waals surface area contributed by atoms with E-state index in [9.17, 15) is 14.9 Å². The number of anilines is 1. The van der Waals surface area contributed by atoms with Gasteiger partial charge in [-0.1, -0.05) is 0 Å². The molecule has 1 aliphatic rings. The number of hydrogen-bond acceptors (Lipinski definition) is 6. The number of ether oxygens (including phenoxy) is 1. The summed E-state index contributed by atoms with van der Waals surface area (Å²) in [7, 11) is 0. The fourth-order valence-corrected chi connectivity index (χ4v) is 2.60. The largest absolute Gasteiger partial charge is 0.464 e. The summed E-state index contributed by atoms with van der Waals surface area (Å²) in [6.07, 6.45) is 3.24. The van der Waals surface area contributed by atoms with Gasteiger partial charge in [-0.15, -0.1) is 0 Å². The maximum absolute atomic E-state index is 11.1. The zero-order valence-electron chi connectivity index (χ0n) is 10.9. The Morgan fingerprint density at radius 3 is 3.10 bits per heavy atom. The standard InChI is InChI=1S/C12H14BrN3O4/c1-8(17)20-7-10-3-2-4-15(10)12-11(16(18)19)5-9(13)6-14-12/h5-6,10H,2-4,7H2,1H3. The van der Waals surface area contributed by atoms with Gasteiger partial charge in [0.1, 0.15) is 6.61 Å². The molecule has 0 amide bonds. The lowest BCUT2D eigenvalue weighted by atomic mass is 10.2. The van der Waals surface area contributed by atoms with E-state index in [1.54, 1.807) is 0 Å². The molecule has 108 valence electrons. The molecular weight excluding hydrogens is 330 g/mol. The summed E-state index contributed by atoms with van der Waals surface area (Å²) in [4.78, 5) is 27.6. The molecule has 8 heteroatoms. The summed E-state index contributed by atoms with van der Waals surface area (Å²) in [6.45, 7) is 2.24. The van der Waals surface area contributed by atoms with Gasteiger partial charge >= 0.3 is 11.7 Å². The Morgan fingerprint density at radius 2 is 2.45 bits per heavy atom. The maximum atomic E-state index is 11.1.